The maximum absolute atomic E-state index is 10.8. The van der Waals surface area contributed by atoms with Gasteiger partial charge in [-0.15, -0.1) is 0 Å². The molecular weight excluding hydrogens is 423 g/mol. The fraction of sp³-hybridized carbons (Fsp3) is 0.600. The summed E-state index contributed by atoms with van der Waals surface area (Å²) in [7, 11) is 0. The Hall–Kier alpha value is -1.82. The number of hydrogen-bond donors (Lipinski definition) is 5. The van der Waals surface area contributed by atoms with E-state index < -0.39 is 50.5 Å². The van der Waals surface area contributed by atoms with Crippen LogP contribution in [0, 0.1) is 0 Å². The van der Waals surface area contributed by atoms with Gasteiger partial charge in [-0.3, -0.25) is 0 Å². The third kappa shape index (κ3) is 4.05. The van der Waals surface area contributed by atoms with Gasteiger partial charge in [0, 0.05) is 0 Å². The first-order valence-corrected chi connectivity index (χ1v) is 12.4. The summed E-state index contributed by atoms with van der Waals surface area (Å²) in [5.41, 5.74) is 12.1. The van der Waals surface area contributed by atoms with Crippen molar-refractivity contribution in [1.82, 2.24) is 19.5 Å². The first kappa shape index (κ1) is 19.9. The minimum atomic E-state index is -1.25. The number of anilines is 1. The molecule has 3 heterocycles. The molecule has 0 aromatic carbocycles. The number of carboxylic acids is 1. The molecule has 12 heteroatoms. The summed E-state index contributed by atoms with van der Waals surface area (Å²) in [6.45, 7) is 0. The Morgan fingerprint density at radius 2 is 2.11 bits per heavy atom. The minimum absolute atomic E-state index is 0.221. The molecule has 27 heavy (non-hydrogen) atoms. The van der Waals surface area contributed by atoms with E-state index in [2.05, 4.69) is 15.0 Å². The van der Waals surface area contributed by atoms with Crippen LogP contribution in [0.3, 0.4) is 0 Å². The molecule has 0 aliphatic carbocycles. The van der Waals surface area contributed by atoms with Gasteiger partial charge in [-0.1, -0.05) is 0 Å². The quantitative estimate of drug-likeness (QED) is 0.329. The van der Waals surface area contributed by atoms with Gasteiger partial charge in [0.2, 0.25) is 0 Å². The molecule has 1 saturated heterocycles. The van der Waals surface area contributed by atoms with Gasteiger partial charge in [-0.05, 0) is 0 Å². The second-order valence-corrected chi connectivity index (χ2v) is 11.3. The van der Waals surface area contributed by atoms with Gasteiger partial charge < -0.3 is 0 Å². The fourth-order valence-corrected chi connectivity index (χ4v) is 6.45. The first-order chi connectivity index (χ1) is 12.8. The zero-order chi connectivity index (χ0) is 19.7. The summed E-state index contributed by atoms with van der Waals surface area (Å²) in [5.74, 6) is 1.25. The van der Waals surface area contributed by atoms with Gasteiger partial charge in [0.05, 0.1) is 0 Å². The van der Waals surface area contributed by atoms with Gasteiger partial charge >= 0.3 is 159 Å². The van der Waals surface area contributed by atoms with Gasteiger partial charge in [-0.25, -0.2) is 0 Å². The van der Waals surface area contributed by atoms with Crippen molar-refractivity contribution in [3.05, 3.63) is 12.7 Å². The molecular formula is C15H23N6O5Se. The van der Waals surface area contributed by atoms with Crippen molar-refractivity contribution in [2.24, 2.45) is 5.73 Å². The molecule has 0 amide bonds. The number of nitrogen functional groups attached to an aromatic ring is 1. The van der Waals surface area contributed by atoms with E-state index >= 15 is 0 Å². The van der Waals surface area contributed by atoms with E-state index in [1.807, 2.05) is 5.82 Å². The second-order valence-electron chi connectivity index (χ2n) is 6.51. The fourth-order valence-electron chi connectivity index (χ4n) is 2.97. The average molecular weight is 446 g/mol. The standard InChI is InChI=1S/C15H23N6O5Se/c1-27(3-2-7(16)15(24)25)4-8-10(22)11(23)14(26-8)21-6-20-9-12(17)18-5-19-13(9)21/h5-8,10-11,14,22-23H,2-4,16H2,1H3,(H,24,25)(H2,17,18,19). The van der Waals surface area contributed by atoms with E-state index in [9.17, 15) is 15.0 Å². The molecule has 7 N–H and O–H groups in total. The molecule has 149 valence electrons. The van der Waals surface area contributed by atoms with Crippen molar-refractivity contribution < 1.29 is 24.9 Å². The van der Waals surface area contributed by atoms with Crippen molar-refractivity contribution in [3.8, 4) is 0 Å². The number of imidazole rings is 1. The predicted molar refractivity (Wildman–Crippen MR) is 97.1 cm³/mol. The molecule has 5 unspecified atom stereocenters. The Kier molecular flexibility index (Phi) is 5.94. The molecule has 11 nitrogen and oxygen atoms in total. The number of hydrogen-bond acceptors (Lipinski definition) is 9. The summed E-state index contributed by atoms with van der Waals surface area (Å²) in [6.07, 6.45) is -0.486. The number of nitrogens with two attached hydrogens (primary N) is 2. The van der Waals surface area contributed by atoms with Crippen LogP contribution in [0.4, 0.5) is 5.82 Å². The van der Waals surface area contributed by atoms with Gasteiger partial charge in [0.15, 0.2) is 0 Å². The summed E-state index contributed by atoms with van der Waals surface area (Å²) in [6, 6.07) is -0.883. The Balaban J connectivity index is 1.68. The van der Waals surface area contributed by atoms with Crippen LogP contribution in [0.1, 0.15) is 12.6 Å². The number of aliphatic hydroxyl groups excluding tert-OH is 2. The van der Waals surface area contributed by atoms with Gasteiger partial charge in [-0.2, -0.15) is 0 Å². The zero-order valence-electron chi connectivity index (χ0n) is 14.7. The van der Waals surface area contributed by atoms with Crippen molar-refractivity contribution in [2.45, 2.75) is 53.5 Å². The number of aliphatic carboxylic acids is 1. The Bertz CT molecular complexity index is 819. The van der Waals surface area contributed by atoms with Crippen LogP contribution in [0.15, 0.2) is 12.7 Å². The summed E-state index contributed by atoms with van der Waals surface area (Å²) >= 11 is -1.25. The molecule has 0 bridgehead atoms. The molecule has 2 aromatic heterocycles. The monoisotopic (exact) mass is 447 g/mol. The van der Waals surface area contributed by atoms with Crippen LogP contribution in [0.5, 0.6) is 0 Å². The van der Waals surface area contributed by atoms with Crippen LogP contribution in [0.25, 0.3) is 11.2 Å². The van der Waals surface area contributed by atoms with E-state index in [1.165, 1.54) is 17.2 Å². The molecule has 2 aromatic rings. The van der Waals surface area contributed by atoms with Crippen LogP contribution < -0.4 is 11.5 Å². The van der Waals surface area contributed by atoms with Crippen molar-refractivity contribution in [1.29, 1.82) is 0 Å². The number of aliphatic hydroxyl groups is 2. The number of aromatic nitrogens is 4. The van der Waals surface area contributed by atoms with E-state index in [0.29, 0.717) is 28.2 Å². The van der Waals surface area contributed by atoms with Crippen molar-refractivity contribution >= 4 is 36.9 Å². The zero-order valence-corrected chi connectivity index (χ0v) is 16.4. The molecule has 1 fully saturated rings. The number of carboxylic acid groups (broad SMARTS) is 1. The topological polar surface area (TPSA) is 183 Å². The Morgan fingerprint density at radius 1 is 1.37 bits per heavy atom. The van der Waals surface area contributed by atoms with E-state index in [4.69, 9.17) is 21.3 Å². The number of fused-ring (bicyclic) bond motifs is 1. The van der Waals surface area contributed by atoms with Gasteiger partial charge in [0.1, 0.15) is 0 Å². The predicted octanol–water partition coefficient (Wildman–Crippen LogP) is -1.05. The Labute approximate surface area is 159 Å². The van der Waals surface area contributed by atoms with Crippen molar-refractivity contribution in [2.75, 3.05) is 5.73 Å². The number of nitrogens with zero attached hydrogens (tertiary/aromatic N) is 4. The van der Waals surface area contributed by atoms with Gasteiger partial charge in [0.25, 0.3) is 0 Å². The summed E-state index contributed by atoms with van der Waals surface area (Å²) in [5, 5.41) is 31.0. The number of carbonyl (C=O) groups is 1. The molecule has 1 aliphatic rings. The summed E-state index contributed by atoms with van der Waals surface area (Å²) in [4.78, 5) is 23.0. The van der Waals surface area contributed by atoms with E-state index in [0.717, 1.165) is 0 Å². The van der Waals surface area contributed by atoms with Crippen LogP contribution in [-0.4, -0.2) is 79.1 Å². The second kappa shape index (κ2) is 8.05. The third-order valence-electron chi connectivity index (χ3n) is 4.54. The number of rotatable bonds is 7. The first-order valence-electron chi connectivity index (χ1n) is 8.31. The SMILES string of the molecule is C[Se](CCC(N)C(=O)O)CC1OC(n2cnc3c(N)ncnc32)C(O)C1O. The van der Waals surface area contributed by atoms with E-state index in [1.54, 1.807) is 0 Å². The molecule has 0 spiro atoms. The van der Waals surface area contributed by atoms with Crippen LogP contribution in [-0.2, 0) is 9.53 Å². The molecule has 1 radical (unpaired) electrons. The third-order valence-corrected chi connectivity index (χ3v) is 8.38. The Morgan fingerprint density at radius 3 is 2.81 bits per heavy atom. The van der Waals surface area contributed by atoms with E-state index in [-0.39, 0.29) is 5.82 Å². The van der Waals surface area contributed by atoms with Crippen LogP contribution >= 0.6 is 0 Å². The van der Waals surface area contributed by atoms with Crippen LogP contribution in [0.2, 0.25) is 16.5 Å². The molecule has 1 aliphatic heterocycles. The average Bonchev–Trinajstić information content (AvgIpc) is 3.17. The maximum atomic E-state index is 10.8. The molecule has 5 atom stereocenters. The van der Waals surface area contributed by atoms with Crippen molar-refractivity contribution in [3.63, 3.8) is 0 Å². The molecule has 0 saturated carbocycles. The normalized spacial score (nSPS) is 26.7. The summed E-state index contributed by atoms with van der Waals surface area (Å²) < 4.78 is 7.44. The molecule has 3 rings (SSSR count). The number of ether oxygens (including phenoxy) is 1.